The highest BCUT2D eigenvalue weighted by Crippen LogP contribution is 2.16. The topological polar surface area (TPSA) is 27.1 Å². The summed E-state index contributed by atoms with van der Waals surface area (Å²) >= 11 is 0. The molecule has 1 N–H and O–H groups in total. The summed E-state index contributed by atoms with van der Waals surface area (Å²) in [5.74, 6) is 0.436. The molecule has 1 aromatic carbocycles. The third-order valence-corrected chi connectivity index (χ3v) is 2.00. The van der Waals surface area contributed by atoms with E-state index in [-0.39, 0.29) is 6.04 Å². The van der Waals surface area contributed by atoms with Crippen molar-refractivity contribution in [3.05, 3.63) is 43.0 Å². The van der Waals surface area contributed by atoms with Crippen LogP contribution < -0.4 is 4.90 Å². The van der Waals surface area contributed by atoms with Crippen molar-refractivity contribution in [3.8, 4) is 0 Å². The Bertz CT molecular complexity index is 314. The summed E-state index contributed by atoms with van der Waals surface area (Å²) in [5, 5.41) is 7.77. The summed E-state index contributed by atoms with van der Waals surface area (Å²) in [5.41, 5.74) is 1.03. The Morgan fingerprint density at radius 2 is 1.93 bits per heavy atom. The second-order valence-electron chi connectivity index (χ2n) is 3.39. The zero-order chi connectivity index (χ0) is 10.6. The van der Waals surface area contributed by atoms with E-state index in [2.05, 4.69) is 20.4 Å². The van der Waals surface area contributed by atoms with Crippen molar-refractivity contribution >= 4 is 11.5 Å². The molecule has 14 heavy (non-hydrogen) atoms. The molecule has 2 heteroatoms. The Morgan fingerprint density at radius 1 is 1.36 bits per heavy atom. The number of nitrogens with one attached hydrogen (secondary N) is 1. The molecule has 0 unspecified atom stereocenters. The minimum absolute atomic E-state index is 0.267. The Balaban J connectivity index is 3.01. The maximum absolute atomic E-state index is 7.77. The summed E-state index contributed by atoms with van der Waals surface area (Å²) in [4.78, 5) is 1.94. The first-order chi connectivity index (χ1) is 6.66. The van der Waals surface area contributed by atoms with Crippen LogP contribution in [0.2, 0.25) is 0 Å². The van der Waals surface area contributed by atoms with E-state index in [0.717, 1.165) is 5.69 Å². The standard InChI is InChI=1S/C12H16N2/c1-4-12(13)14(10(2)3)11-8-6-5-7-9-11/h4-10,13H,1H2,2-3H3. The molecule has 1 aromatic rings. The molecular formula is C12H16N2. The van der Waals surface area contributed by atoms with E-state index >= 15 is 0 Å². The highest BCUT2D eigenvalue weighted by molar-refractivity contribution is 6.03. The zero-order valence-electron chi connectivity index (χ0n) is 8.70. The first-order valence-corrected chi connectivity index (χ1v) is 4.72. The van der Waals surface area contributed by atoms with Crippen LogP contribution in [-0.4, -0.2) is 11.9 Å². The zero-order valence-corrected chi connectivity index (χ0v) is 8.70. The largest absolute Gasteiger partial charge is 0.324 e. The van der Waals surface area contributed by atoms with Gasteiger partial charge in [0.1, 0.15) is 5.84 Å². The fourth-order valence-corrected chi connectivity index (χ4v) is 1.40. The molecule has 74 valence electrons. The molecule has 0 bridgehead atoms. The fourth-order valence-electron chi connectivity index (χ4n) is 1.40. The van der Waals surface area contributed by atoms with E-state index in [4.69, 9.17) is 5.41 Å². The van der Waals surface area contributed by atoms with Gasteiger partial charge in [0.25, 0.3) is 0 Å². The van der Waals surface area contributed by atoms with Crippen LogP contribution in [-0.2, 0) is 0 Å². The summed E-state index contributed by atoms with van der Waals surface area (Å²) in [7, 11) is 0. The Morgan fingerprint density at radius 3 is 2.36 bits per heavy atom. The van der Waals surface area contributed by atoms with Crippen LogP contribution in [0.25, 0.3) is 0 Å². The van der Waals surface area contributed by atoms with Crippen molar-refractivity contribution in [1.29, 1.82) is 5.41 Å². The predicted molar refractivity (Wildman–Crippen MR) is 62.0 cm³/mol. The van der Waals surface area contributed by atoms with Gasteiger partial charge in [-0.05, 0) is 32.1 Å². The van der Waals surface area contributed by atoms with Gasteiger partial charge in [-0.1, -0.05) is 24.8 Å². The predicted octanol–water partition coefficient (Wildman–Crippen LogP) is 3.06. The van der Waals surface area contributed by atoms with Crippen molar-refractivity contribution < 1.29 is 0 Å². The van der Waals surface area contributed by atoms with E-state index in [1.54, 1.807) is 6.08 Å². The van der Waals surface area contributed by atoms with Gasteiger partial charge < -0.3 is 4.90 Å². The lowest BCUT2D eigenvalue weighted by Crippen LogP contribution is -2.35. The Kier molecular flexibility index (Phi) is 3.46. The number of rotatable bonds is 3. The molecule has 0 aliphatic rings. The van der Waals surface area contributed by atoms with E-state index in [0.29, 0.717) is 5.84 Å². The molecule has 0 aromatic heterocycles. The average Bonchev–Trinajstić information content (AvgIpc) is 2.19. The van der Waals surface area contributed by atoms with Crippen LogP contribution in [0.1, 0.15) is 13.8 Å². The van der Waals surface area contributed by atoms with E-state index < -0.39 is 0 Å². The molecule has 0 atom stereocenters. The lowest BCUT2D eigenvalue weighted by atomic mass is 10.2. The number of hydrogen-bond donors (Lipinski definition) is 1. The first-order valence-electron chi connectivity index (χ1n) is 4.72. The summed E-state index contributed by atoms with van der Waals surface area (Å²) < 4.78 is 0. The molecular weight excluding hydrogens is 172 g/mol. The van der Waals surface area contributed by atoms with Gasteiger partial charge in [-0.2, -0.15) is 0 Å². The summed E-state index contributed by atoms with van der Waals surface area (Å²) in [6, 6.07) is 10.2. The molecule has 0 fully saturated rings. The average molecular weight is 188 g/mol. The van der Waals surface area contributed by atoms with Crippen LogP contribution >= 0.6 is 0 Å². The maximum atomic E-state index is 7.77. The van der Waals surface area contributed by atoms with E-state index in [9.17, 15) is 0 Å². The van der Waals surface area contributed by atoms with Gasteiger partial charge in [0.05, 0.1) is 0 Å². The number of amidine groups is 1. The van der Waals surface area contributed by atoms with Gasteiger partial charge in [-0.25, -0.2) is 0 Å². The second-order valence-corrected chi connectivity index (χ2v) is 3.39. The Hall–Kier alpha value is -1.57. The minimum Gasteiger partial charge on any atom is -0.324 e. The molecule has 0 aliphatic heterocycles. The number of para-hydroxylation sites is 1. The SMILES string of the molecule is C=CC(=N)N(c1ccccc1)C(C)C. The highest BCUT2D eigenvalue weighted by atomic mass is 15.2. The highest BCUT2D eigenvalue weighted by Gasteiger charge is 2.12. The van der Waals surface area contributed by atoms with Crippen LogP contribution in [0.3, 0.4) is 0 Å². The smallest absolute Gasteiger partial charge is 0.124 e. The summed E-state index contributed by atoms with van der Waals surface area (Å²) in [6.07, 6.45) is 1.56. The van der Waals surface area contributed by atoms with Crippen LogP contribution in [0.4, 0.5) is 5.69 Å². The molecule has 0 heterocycles. The summed E-state index contributed by atoms with van der Waals surface area (Å²) in [6.45, 7) is 7.74. The van der Waals surface area contributed by atoms with Gasteiger partial charge >= 0.3 is 0 Å². The van der Waals surface area contributed by atoms with Crippen molar-refractivity contribution in [3.63, 3.8) is 0 Å². The maximum Gasteiger partial charge on any atom is 0.124 e. The van der Waals surface area contributed by atoms with Crippen molar-refractivity contribution in [1.82, 2.24) is 0 Å². The van der Waals surface area contributed by atoms with Gasteiger partial charge in [-0.3, -0.25) is 5.41 Å². The van der Waals surface area contributed by atoms with Crippen molar-refractivity contribution in [2.24, 2.45) is 0 Å². The van der Waals surface area contributed by atoms with Crippen LogP contribution in [0.5, 0.6) is 0 Å². The minimum atomic E-state index is 0.267. The lowest BCUT2D eigenvalue weighted by molar-refractivity contribution is 0.805. The second kappa shape index (κ2) is 4.61. The van der Waals surface area contributed by atoms with Gasteiger partial charge in [0, 0.05) is 11.7 Å². The molecule has 0 amide bonds. The molecule has 0 saturated carbocycles. The van der Waals surface area contributed by atoms with Crippen LogP contribution in [0.15, 0.2) is 43.0 Å². The van der Waals surface area contributed by atoms with Gasteiger partial charge in [0.15, 0.2) is 0 Å². The van der Waals surface area contributed by atoms with Gasteiger partial charge in [-0.15, -0.1) is 0 Å². The number of benzene rings is 1. The van der Waals surface area contributed by atoms with Crippen molar-refractivity contribution in [2.45, 2.75) is 19.9 Å². The monoisotopic (exact) mass is 188 g/mol. The van der Waals surface area contributed by atoms with E-state index in [1.165, 1.54) is 0 Å². The Labute approximate surface area is 85.4 Å². The number of nitrogens with zero attached hydrogens (tertiary/aromatic N) is 1. The first kappa shape index (κ1) is 10.5. The normalized spacial score (nSPS) is 9.93. The van der Waals surface area contributed by atoms with E-state index in [1.807, 2.05) is 35.2 Å². The lowest BCUT2D eigenvalue weighted by Gasteiger charge is -2.27. The molecule has 2 nitrogen and oxygen atoms in total. The molecule has 0 spiro atoms. The number of anilines is 1. The van der Waals surface area contributed by atoms with Crippen LogP contribution in [0, 0.1) is 5.41 Å². The quantitative estimate of drug-likeness (QED) is 0.573. The molecule has 1 rings (SSSR count). The molecule has 0 saturated heterocycles. The van der Waals surface area contributed by atoms with Gasteiger partial charge in [0.2, 0.25) is 0 Å². The third-order valence-electron chi connectivity index (χ3n) is 2.00. The molecule has 0 radical (unpaired) electrons. The number of hydrogen-bond acceptors (Lipinski definition) is 1. The third kappa shape index (κ3) is 2.22. The fraction of sp³-hybridized carbons (Fsp3) is 0.250. The molecule has 0 aliphatic carbocycles. The van der Waals surface area contributed by atoms with Crippen molar-refractivity contribution in [2.75, 3.05) is 4.90 Å².